The lowest BCUT2D eigenvalue weighted by molar-refractivity contribution is 0.390. The van der Waals surface area contributed by atoms with Gasteiger partial charge in [-0.15, -0.1) is 20.4 Å². The molecule has 6 heterocycles. The summed E-state index contributed by atoms with van der Waals surface area (Å²) in [6.07, 6.45) is 6.51. The standard InChI is InChI=1S/2C26H30N6O4S/c2*1-16-9-7-10-20(29-16)26-31-30-24(32(26)25-22(35-5)11-8-12-23(25)36-6)15-37(33,34)19(4)18(3)21-14-27-17(2)13-28-21/h2*7-14,18-19H,15H2,1-6H3/t2*18-,19-/m10/s1. The van der Waals surface area contributed by atoms with Gasteiger partial charge in [0.15, 0.2) is 43.0 Å². The lowest BCUT2D eigenvalue weighted by Crippen LogP contribution is -2.27. The summed E-state index contributed by atoms with van der Waals surface area (Å²) in [7, 11) is -1.27. The number of methoxy groups -OCH3 is 4. The Morgan fingerprint density at radius 1 is 0.446 bits per heavy atom. The van der Waals surface area contributed by atoms with E-state index in [1.165, 1.54) is 28.4 Å². The van der Waals surface area contributed by atoms with Gasteiger partial charge in [-0.3, -0.25) is 29.1 Å². The maximum atomic E-state index is 13.7. The molecule has 0 saturated heterocycles. The van der Waals surface area contributed by atoms with Crippen molar-refractivity contribution in [3.63, 3.8) is 0 Å². The van der Waals surface area contributed by atoms with Crippen LogP contribution in [0.4, 0.5) is 0 Å². The summed E-state index contributed by atoms with van der Waals surface area (Å²) in [5.41, 5.74) is 6.39. The van der Waals surface area contributed by atoms with E-state index in [4.69, 9.17) is 18.9 Å². The van der Waals surface area contributed by atoms with Crippen LogP contribution < -0.4 is 18.9 Å². The Bertz CT molecular complexity index is 3190. The molecule has 0 aliphatic rings. The van der Waals surface area contributed by atoms with E-state index >= 15 is 0 Å². The highest BCUT2D eigenvalue weighted by atomic mass is 32.2. The number of aryl methyl sites for hydroxylation is 4. The number of rotatable bonds is 18. The molecule has 0 aliphatic carbocycles. The molecule has 0 bridgehead atoms. The van der Waals surface area contributed by atoms with Gasteiger partial charge < -0.3 is 18.9 Å². The zero-order chi connectivity index (χ0) is 53.5. The Hall–Kier alpha value is -7.72. The number of para-hydroxylation sites is 2. The Morgan fingerprint density at radius 2 is 0.784 bits per heavy atom. The largest absolute Gasteiger partial charge is 0.494 e. The molecule has 388 valence electrons. The molecule has 0 radical (unpaired) electrons. The third-order valence-electron chi connectivity index (χ3n) is 12.7. The molecule has 20 nitrogen and oxygen atoms in total. The molecular weight excluding hydrogens is 985 g/mol. The molecular formula is C52H60N12O8S2. The first-order chi connectivity index (χ1) is 35.3. The second-order valence-corrected chi connectivity index (χ2v) is 22.4. The van der Waals surface area contributed by atoms with Crippen LogP contribution in [0.1, 0.15) is 85.3 Å². The van der Waals surface area contributed by atoms with Crippen LogP contribution >= 0.6 is 0 Å². The summed E-state index contributed by atoms with van der Waals surface area (Å²) in [5, 5.41) is 15.8. The molecule has 6 aromatic heterocycles. The number of aromatic nitrogens is 12. The Kier molecular flexibility index (Phi) is 16.8. The van der Waals surface area contributed by atoms with Gasteiger partial charge in [0, 0.05) is 48.0 Å². The average Bonchev–Trinajstić information content (AvgIpc) is 4.00. The second-order valence-electron chi connectivity index (χ2n) is 17.7. The van der Waals surface area contributed by atoms with E-state index in [1.807, 2.05) is 65.8 Å². The smallest absolute Gasteiger partial charge is 0.187 e. The summed E-state index contributed by atoms with van der Waals surface area (Å²) in [6, 6.07) is 21.7. The van der Waals surface area contributed by atoms with Crippen molar-refractivity contribution in [2.45, 2.75) is 89.2 Å². The van der Waals surface area contributed by atoms with E-state index in [2.05, 4.69) is 50.3 Å². The van der Waals surface area contributed by atoms with Gasteiger partial charge in [0.25, 0.3) is 0 Å². The number of hydrogen-bond acceptors (Lipinski definition) is 18. The summed E-state index contributed by atoms with van der Waals surface area (Å²) >= 11 is 0. The summed E-state index contributed by atoms with van der Waals surface area (Å²) < 4.78 is 80.5. The molecule has 8 rings (SSSR count). The van der Waals surface area contributed by atoms with Crippen LogP contribution in [0.3, 0.4) is 0 Å². The van der Waals surface area contributed by atoms with Crippen LogP contribution in [0.15, 0.2) is 97.6 Å². The fourth-order valence-corrected chi connectivity index (χ4v) is 11.2. The average molecular weight is 1050 g/mol. The molecule has 0 amide bonds. The Labute approximate surface area is 431 Å². The summed E-state index contributed by atoms with van der Waals surface area (Å²) in [5.74, 6) is 1.60. The Balaban J connectivity index is 0.000000216. The molecule has 2 aromatic carbocycles. The van der Waals surface area contributed by atoms with Crippen LogP contribution in [0, 0.1) is 27.7 Å². The third kappa shape index (κ3) is 11.7. The normalized spacial score (nSPS) is 13.2. The number of nitrogens with zero attached hydrogens (tertiary/aromatic N) is 12. The minimum Gasteiger partial charge on any atom is -0.494 e. The van der Waals surface area contributed by atoms with Gasteiger partial charge in [0.1, 0.15) is 57.3 Å². The molecule has 22 heteroatoms. The van der Waals surface area contributed by atoms with Crippen LogP contribution in [0.5, 0.6) is 23.0 Å². The molecule has 4 atom stereocenters. The van der Waals surface area contributed by atoms with Crippen molar-refractivity contribution in [3.8, 4) is 57.4 Å². The highest BCUT2D eigenvalue weighted by Gasteiger charge is 2.35. The van der Waals surface area contributed by atoms with Crippen LogP contribution in [-0.2, 0) is 31.2 Å². The van der Waals surface area contributed by atoms with Crippen LogP contribution in [0.25, 0.3) is 34.4 Å². The van der Waals surface area contributed by atoms with Gasteiger partial charge in [0.2, 0.25) is 0 Å². The van der Waals surface area contributed by atoms with E-state index in [0.717, 1.165) is 22.8 Å². The van der Waals surface area contributed by atoms with Crippen LogP contribution in [0.2, 0.25) is 0 Å². The topological polar surface area (TPSA) is 244 Å². The van der Waals surface area contributed by atoms with Gasteiger partial charge >= 0.3 is 0 Å². The van der Waals surface area contributed by atoms with E-state index in [-0.39, 0.29) is 35.0 Å². The SMILES string of the molecule is COc1cccc(OC)c1-n1c(CS(=O)(=O)[C@@H](C)[C@H](C)c2cnc(C)cn2)nnc1-c1cccc(C)n1.COc1cccc(OC)c1-n1c(CS(=O)(=O)[C@H](C)[C@@H](C)c2cnc(C)cn2)nnc1-c1cccc(C)n1. The zero-order valence-corrected chi connectivity index (χ0v) is 45.0. The van der Waals surface area contributed by atoms with E-state index in [0.29, 0.717) is 68.8 Å². The van der Waals surface area contributed by atoms with Crippen molar-refractivity contribution in [2.24, 2.45) is 0 Å². The van der Waals surface area contributed by atoms with Crippen molar-refractivity contribution in [1.29, 1.82) is 0 Å². The fraction of sp³-hybridized carbons (Fsp3) is 0.346. The number of hydrogen-bond donors (Lipinski definition) is 0. The van der Waals surface area contributed by atoms with Gasteiger partial charge in [-0.05, 0) is 90.1 Å². The van der Waals surface area contributed by atoms with Crippen molar-refractivity contribution < 1.29 is 35.8 Å². The molecule has 0 aliphatic heterocycles. The summed E-state index contributed by atoms with van der Waals surface area (Å²) in [4.78, 5) is 26.5. The highest BCUT2D eigenvalue weighted by Crippen LogP contribution is 2.39. The van der Waals surface area contributed by atoms with Crippen molar-refractivity contribution in [1.82, 2.24) is 59.4 Å². The van der Waals surface area contributed by atoms with Crippen molar-refractivity contribution in [2.75, 3.05) is 28.4 Å². The molecule has 0 saturated carbocycles. The van der Waals surface area contributed by atoms with Crippen molar-refractivity contribution in [3.05, 3.63) is 143 Å². The first-order valence-electron chi connectivity index (χ1n) is 23.5. The van der Waals surface area contributed by atoms with Gasteiger partial charge in [-0.1, -0.05) is 38.1 Å². The first-order valence-corrected chi connectivity index (χ1v) is 26.9. The number of pyridine rings is 2. The maximum Gasteiger partial charge on any atom is 0.187 e. The van der Waals surface area contributed by atoms with Gasteiger partial charge in [0.05, 0.1) is 61.7 Å². The molecule has 0 spiro atoms. The quantitative estimate of drug-likeness (QED) is 0.0798. The van der Waals surface area contributed by atoms with Gasteiger partial charge in [-0.25, -0.2) is 26.8 Å². The lowest BCUT2D eigenvalue weighted by atomic mass is 10.1. The fourth-order valence-electron chi connectivity index (χ4n) is 8.06. The Morgan fingerprint density at radius 3 is 1.08 bits per heavy atom. The molecule has 0 N–H and O–H groups in total. The minimum atomic E-state index is -3.71. The monoisotopic (exact) mass is 1040 g/mol. The number of ether oxygens (including phenoxy) is 4. The summed E-state index contributed by atoms with van der Waals surface area (Å²) in [6.45, 7) is 14.4. The molecule has 74 heavy (non-hydrogen) atoms. The van der Waals surface area contributed by atoms with Gasteiger partial charge in [-0.2, -0.15) is 0 Å². The molecule has 0 unspecified atom stereocenters. The number of benzene rings is 2. The highest BCUT2D eigenvalue weighted by molar-refractivity contribution is 7.91. The predicted octanol–water partition coefficient (Wildman–Crippen LogP) is 7.72. The molecule has 8 aromatic rings. The number of sulfone groups is 2. The van der Waals surface area contributed by atoms with E-state index in [1.54, 1.807) is 96.3 Å². The third-order valence-corrected chi connectivity index (χ3v) is 17.1. The van der Waals surface area contributed by atoms with Crippen LogP contribution in [-0.4, -0.2) is 115 Å². The van der Waals surface area contributed by atoms with E-state index in [9.17, 15) is 16.8 Å². The lowest BCUT2D eigenvalue weighted by Gasteiger charge is -2.21. The maximum absolute atomic E-state index is 13.7. The van der Waals surface area contributed by atoms with Crippen molar-refractivity contribution >= 4 is 19.7 Å². The first kappa shape index (κ1) is 54.1. The zero-order valence-electron chi connectivity index (χ0n) is 43.4. The van der Waals surface area contributed by atoms with E-state index < -0.39 is 30.2 Å². The minimum absolute atomic E-state index is 0.218. The predicted molar refractivity (Wildman–Crippen MR) is 279 cm³/mol. The molecule has 0 fully saturated rings. The second kappa shape index (κ2) is 23.0.